The van der Waals surface area contributed by atoms with E-state index in [1.54, 1.807) is 11.3 Å². The first-order valence-electron chi connectivity index (χ1n) is 6.64. The number of aryl methyl sites for hydroxylation is 1. The lowest BCUT2D eigenvalue weighted by Crippen LogP contribution is -2.11. The zero-order valence-electron chi connectivity index (χ0n) is 12.0. The first kappa shape index (κ1) is 14.2. The molecule has 0 amide bonds. The van der Waals surface area contributed by atoms with E-state index in [9.17, 15) is 5.11 Å². The van der Waals surface area contributed by atoms with Gasteiger partial charge in [-0.1, -0.05) is 52.0 Å². The molecule has 1 atom stereocenters. The fourth-order valence-electron chi connectivity index (χ4n) is 1.91. The van der Waals surface area contributed by atoms with E-state index in [-0.39, 0.29) is 5.41 Å². The SMILES string of the molecule is CCc1cccc(C(O)c2csc(C(C)(C)C)n2)c1. The summed E-state index contributed by atoms with van der Waals surface area (Å²) in [7, 11) is 0. The molecule has 0 saturated carbocycles. The van der Waals surface area contributed by atoms with Crippen molar-refractivity contribution >= 4 is 11.3 Å². The minimum atomic E-state index is -0.626. The molecule has 2 aromatic rings. The van der Waals surface area contributed by atoms with Crippen molar-refractivity contribution in [3.63, 3.8) is 0 Å². The van der Waals surface area contributed by atoms with E-state index in [1.165, 1.54) is 5.56 Å². The Labute approximate surface area is 119 Å². The summed E-state index contributed by atoms with van der Waals surface area (Å²) >= 11 is 1.62. The van der Waals surface area contributed by atoms with Gasteiger partial charge in [0, 0.05) is 10.8 Å². The second kappa shape index (κ2) is 5.43. The van der Waals surface area contributed by atoms with Crippen molar-refractivity contribution in [3.8, 4) is 0 Å². The zero-order chi connectivity index (χ0) is 14.0. The van der Waals surface area contributed by atoms with Crippen LogP contribution in [0.15, 0.2) is 29.6 Å². The Morgan fingerprint density at radius 1 is 1.32 bits per heavy atom. The standard InChI is InChI=1S/C16H21NOS/c1-5-11-7-6-8-12(9-11)14(18)13-10-19-15(17-13)16(2,3)4/h6-10,14,18H,5H2,1-4H3. The quantitative estimate of drug-likeness (QED) is 0.915. The summed E-state index contributed by atoms with van der Waals surface area (Å²) in [6.45, 7) is 8.53. The predicted octanol–water partition coefficient (Wildman–Crippen LogP) is 4.08. The Balaban J connectivity index is 2.28. The Bertz CT molecular complexity index is 554. The molecule has 0 aliphatic carbocycles. The fraction of sp³-hybridized carbons (Fsp3) is 0.438. The van der Waals surface area contributed by atoms with E-state index in [2.05, 4.69) is 44.8 Å². The molecule has 2 rings (SSSR count). The van der Waals surface area contributed by atoms with E-state index in [0.717, 1.165) is 22.7 Å². The summed E-state index contributed by atoms with van der Waals surface area (Å²) in [5, 5.41) is 13.5. The highest BCUT2D eigenvalue weighted by atomic mass is 32.1. The van der Waals surface area contributed by atoms with Crippen molar-refractivity contribution in [1.29, 1.82) is 0 Å². The molecule has 0 saturated heterocycles. The molecule has 0 spiro atoms. The summed E-state index contributed by atoms with van der Waals surface area (Å²) in [5.74, 6) is 0. The maximum Gasteiger partial charge on any atom is 0.122 e. The second-order valence-corrected chi connectivity index (χ2v) is 6.69. The predicted molar refractivity (Wildman–Crippen MR) is 80.7 cm³/mol. The molecule has 1 aromatic carbocycles. The number of nitrogens with zero attached hydrogens (tertiary/aromatic N) is 1. The van der Waals surface area contributed by atoms with Crippen molar-refractivity contribution in [3.05, 3.63) is 51.5 Å². The molecule has 3 heteroatoms. The van der Waals surface area contributed by atoms with E-state index in [1.807, 2.05) is 17.5 Å². The minimum absolute atomic E-state index is 0.0356. The van der Waals surface area contributed by atoms with Crippen LogP contribution < -0.4 is 0 Å². The highest BCUT2D eigenvalue weighted by molar-refractivity contribution is 7.09. The molecule has 0 radical (unpaired) electrons. The lowest BCUT2D eigenvalue weighted by atomic mass is 9.98. The van der Waals surface area contributed by atoms with Gasteiger partial charge in [-0.2, -0.15) is 0 Å². The summed E-state index contributed by atoms with van der Waals surface area (Å²) in [6, 6.07) is 8.09. The second-order valence-electron chi connectivity index (χ2n) is 5.83. The van der Waals surface area contributed by atoms with E-state index in [0.29, 0.717) is 0 Å². The average molecular weight is 275 g/mol. The highest BCUT2D eigenvalue weighted by Gasteiger charge is 2.21. The smallest absolute Gasteiger partial charge is 0.122 e. The summed E-state index contributed by atoms with van der Waals surface area (Å²) in [4.78, 5) is 4.58. The van der Waals surface area contributed by atoms with Crippen LogP contribution in [0.2, 0.25) is 0 Å². The third-order valence-corrected chi connectivity index (χ3v) is 4.40. The molecule has 1 aromatic heterocycles. The Morgan fingerprint density at radius 3 is 2.63 bits per heavy atom. The average Bonchev–Trinajstić information content (AvgIpc) is 2.87. The summed E-state index contributed by atoms with van der Waals surface area (Å²) in [5.41, 5.74) is 2.95. The number of aliphatic hydroxyl groups is 1. The van der Waals surface area contributed by atoms with Crippen LogP contribution in [0.25, 0.3) is 0 Å². The minimum Gasteiger partial charge on any atom is -0.382 e. The topological polar surface area (TPSA) is 33.1 Å². The van der Waals surface area contributed by atoms with Crippen LogP contribution in [-0.4, -0.2) is 10.1 Å². The van der Waals surface area contributed by atoms with Gasteiger partial charge in [0.25, 0.3) is 0 Å². The Morgan fingerprint density at radius 2 is 2.05 bits per heavy atom. The van der Waals surface area contributed by atoms with E-state index < -0.39 is 6.10 Å². The van der Waals surface area contributed by atoms with Crippen molar-refractivity contribution in [2.24, 2.45) is 0 Å². The van der Waals surface area contributed by atoms with E-state index in [4.69, 9.17) is 0 Å². The highest BCUT2D eigenvalue weighted by Crippen LogP contribution is 2.30. The number of hydrogen-bond donors (Lipinski definition) is 1. The van der Waals surface area contributed by atoms with Crippen LogP contribution in [0, 0.1) is 0 Å². The lowest BCUT2D eigenvalue weighted by Gasteiger charge is -2.14. The molecule has 0 fully saturated rings. The van der Waals surface area contributed by atoms with E-state index >= 15 is 0 Å². The molecule has 102 valence electrons. The third kappa shape index (κ3) is 3.23. The molecule has 1 unspecified atom stereocenters. The zero-order valence-corrected chi connectivity index (χ0v) is 12.8. The van der Waals surface area contributed by atoms with Gasteiger partial charge in [-0.15, -0.1) is 11.3 Å². The summed E-state index contributed by atoms with van der Waals surface area (Å²) < 4.78 is 0. The van der Waals surface area contributed by atoms with Crippen molar-refractivity contribution in [2.75, 3.05) is 0 Å². The molecule has 1 heterocycles. The number of thiazole rings is 1. The van der Waals surface area contributed by atoms with Crippen LogP contribution >= 0.6 is 11.3 Å². The molecule has 19 heavy (non-hydrogen) atoms. The van der Waals surface area contributed by atoms with Crippen LogP contribution in [0.1, 0.15) is 55.6 Å². The molecule has 0 aliphatic rings. The van der Waals surface area contributed by atoms with Crippen molar-refractivity contribution in [1.82, 2.24) is 4.98 Å². The van der Waals surface area contributed by atoms with Crippen LogP contribution in [0.3, 0.4) is 0 Å². The molecular formula is C16H21NOS. The van der Waals surface area contributed by atoms with Crippen LogP contribution in [-0.2, 0) is 11.8 Å². The van der Waals surface area contributed by atoms with Gasteiger partial charge in [0.15, 0.2) is 0 Å². The molecular weight excluding hydrogens is 254 g/mol. The number of rotatable bonds is 3. The van der Waals surface area contributed by atoms with Crippen molar-refractivity contribution in [2.45, 2.75) is 45.6 Å². The van der Waals surface area contributed by atoms with Gasteiger partial charge in [0.2, 0.25) is 0 Å². The first-order chi connectivity index (χ1) is 8.91. The van der Waals surface area contributed by atoms with Gasteiger partial charge in [-0.3, -0.25) is 0 Å². The van der Waals surface area contributed by atoms with Crippen LogP contribution in [0.5, 0.6) is 0 Å². The van der Waals surface area contributed by atoms with Gasteiger partial charge in [0.1, 0.15) is 6.10 Å². The van der Waals surface area contributed by atoms with Gasteiger partial charge in [-0.25, -0.2) is 4.98 Å². The monoisotopic (exact) mass is 275 g/mol. The Hall–Kier alpha value is -1.19. The maximum absolute atomic E-state index is 10.4. The van der Waals surface area contributed by atoms with Crippen LogP contribution in [0.4, 0.5) is 0 Å². The lowest BCUT2D eigenvalue weighted by molar-refractivity contribution is 0.215. The van der Waals surface area contributed by atoms with Gasteiger partial charge < -0.3 is 5.11 Å². The molecule has 0 bridgehead atoms. The fourth-order valence-corrected chi connectivity index (χ4v) is 2.84. The first-order valence-corrected chi connectivity index (χ1v) is 7.52. The number of aliphatic hydroxyl groups excluding tert-OH is 1. The van der Waals surface area contributed by atoms with Gasteiger partial charge >= 0.3 is 0 Å². The number of aromatic nitrogens is 1. The largest absolute Gasteiger partial charge is 0.382 e. The normalized spacial score (nSPS) is 13.5. The van der Waals surface area contributed by atoms with Gasteiger partial charge in [0.05, 0.1) is 10.7 Å². The van der Waals surface area contributed by atoms with Gasteiger partial charge in [-0.05, 0) is 17.5 Å². The molecule has 2 nitrogen and oxygen atoms in total. The maximum atomic E-state index is 10.4. The molecule has 1 N–H and O–H groups in total. The summed E-state index contributed by atoms with van der Waals surface area (Å²) in [6.07, 6.45) is 0.351. The molecule has 0 aliphatic heterocycles. The number of hydrogen-bond acceptors (Lipinski definition) is 3. The Kier molecular flexibility index (Phi) is 4.07. The number of benzene rings is 1. The third-order valence-electron chi connectivity index (χ3n) is 3.12. The van der Waals surface area contributed by atoms with Crippen molar-refractivity contribution < 1.29 is 5.11 Å².